The van der Waals surface area contributed by atoms with Gasteiger partial charge in [0, 0.05) is 7.11 Å². The normalized spacial score (nSPS) is 11.6. The zero-order chi connectivity index (χ0) is 12.7. The third-order valence-electron chi connectivity index (χ3n) is 2.09. The van der Waals surface area contributed by atoms with Crippen LogP contribution in [0, 0.1) is 0 Å². The molecule has 0 amide bonds. The van der Waals surface area contributed by atoms with Gasteiger partial charge in [0.15, 0.2) is 0 Å². The minimum absolute atomic E-state index is 0.0938. The number of benzene rings is 1. The highest BCUT2D eigenvalue weighted by molar-refractivity contribution is 5.97. The smallest absolute Gasteiger partial charge is 0.347 e. The lowest BCUT2D eigenvalue weighted by Gasteiger charge is -2.12. The van der Waals surface area contributed by atoms with E-state index in [1.807, 2.05) is 30.3 Å². The molecule has 1 unspecified atom stereocenters. The van der Waals surface area contributed by atoms with Gasteiger partial charge in [0.1, 0.15) is 6.61 Å². The van der Waals surface area contributed by atoms with E-state index >= 15 is 0 Å². The lowest BCUT2D eigenvalue weighted by Crippen LogP contribution is -2.34. The van der Waals surface area contributed by atoms with Gasteiger partial charge in [0.25, 0.3) is 6.10 Å². The Labute approximate surface area is 99.3 Å². The van der Waals surface area contributed by atoms with Crippen LogP contribution in [0.25, 0.3) is 0 Å². The van der Waals surface area contributed by atoms with Gasteiger partial charge in [-0.2, -0.15) is 0 Å². The molecule has 0 fully saturated rings. The van der Waals surface area contributed by atoms with Crippen molar-refractivity contribution in [1.82, 2.24) is 0 Å². The second-order valence-electron chi connectivity index (χ2n) is 3.23. The van der Waals surface area contributed by atoms with Crippen LogP contribution in [-0.2, 0) is 30.4 Å². The minimum atomic E-state index is -1.33. The van der Waals surface area contributed by atoms with E-state index in [4.69, 9.17) is 9.47 Å². The molecule has 0 bridgehead atoms. The first-order valence-corrected chi connectivity index (χ1v) is 5.00. The number of carbonyl (C=O) groups is 2. The zero-order valence-corrected chi connectivity index (χ0v) is 9.71. The van der Waals surface area contributed by atoms with E-state index in [1.165, 1.54) is 14.2 Å². The lowest BCUT2D eigenvalue weighted by molar-refractivity contribution is -0.170. The predicted molar refractivity (Wildman–Crippen MR) is 59.1 cm³/mol. The van der Waals surface area contributed by atoms with Gasteiger partial charge >= 0.3 is 11.9 Å². The second kappa shape index (κ2) is 6.65. The van der Waals surface area contributed by atoms with Crippen molar-refractivity contribution in [3.8, 4) is 0 Å². The number of rotatable bonds is 5. The van der Waals surface area contributed by atoms with Crippen LogP contribution < -0.4 is 0 Å². The van der Waals surface area contributed by atoms with E-state index < -0.39 is 18.0 Å². The largest absolute Gasteiger partial charge is 0.467 e. The van der Waals surface area contributed by atoms with E-state index in [9.17, 15) is 9.59 Å². The third-order valence-corrected chi connectivity index (χ3v) is 2.09. The molecule has 17 heavy (non-hydrogen) atoms. The maximum absolute atomic E-state index is 11.5. The molecule has 1 aromatic rings. The summed E-state index contributed by atoms with van der Waals surface area (Å²) in [4.78, 5) is 22.6. The summed E-state index contributed by atoms with van der Waals surface area (Å²) in [5.74, 6) is -1.53. The van der Waals surface area contributed by atoms with Gasteiger partial charge in [0.05, 0.1) is 7.11 Å². The number of hydrogen-bond donors (Lipinski definition) is 0. The number of ether oxygens (including phenoxy) is 3. The summed E-state index contributed by atoms with van der Waals surface area (Å²) in [6, 6.07) is 9.15. The van der Waals surface area contributed by atoms with E-state index in [1.54, 1.807) is 0 Å². The van der Waals surface area contributed by atoms with Crippen LogP contribution in [-0.4, -0.2) is 32.3 Å². The van der Waals surface area contributed by atoms with Crippen LogP contribution >= 0.6 is 0 Å². The van der Waals surface area contributed by atoms with Crippen molar-refractivity contribution in [1.29, 1.82) is 0 Å². The van der Waals surface area contributed by atoms with Crippen molar-refractivity contribution in [2.24, 2.45) is 0 Å². The van der Waals surface area contributed by atoms with E-state index in [0.717, 1.165) is 5.56 Å². The third kappa shape index (κ3) is 3.88. The summed E-state index contributed by atoms with van der Waals surface area (Å²) < 4.78 is 14.1. The highest BCUT2D eigenvalue weighted by atomic mass is 16.6. The molecule has 0 spiro atoms. The standard InChI is InChI=1S/C12H14O5/c1-15-10(11(13)16-2)12(14)17-8-9-6-4-3-5-7-9/h3-7,10H,8H2,1-2H3. The van der Waals surface area contributed by atoms with E-state index in [-0.39, 0.29) is 6.61 Å². The SMILES string of the molecule is COC(=O)C(OC)C(=O)OCc1ccccc1. The first-order valence-electron chi connectivity index (χ1n) is 5.00. The fourth-order valence-electron chi connectivity index (χ4n) is 1.20. The molecule has 0 N–H and O–H groups in total. The van der Waals surface area contributed by atoms with Crippen LogP contribution in [0.2, 0.25) is 0 Å². The number of hydrogen-bond acceptors (Lipinski definition) is 5. The molecule has 92 valence electrons. The Bertz CT molecular complexity index is 374. The van der Waals surface area contributed by atoms with Crippen molar-refractivity contribution in [3.05, 3.63) is 35.9 Å². The van der Waals surface area contributed by atoms with Gasteiger partial charge in [-0.3, -0.25) is 0 Å². The van der Waals surface area contributed by atoms with Crippen molar-refractivity contribution in [2.75, 3.05) is 14.2 Å². The zero-order valence-electron chi connectivity index (χ0n) is 9.71. The molecule has 0 radical (unpaired) electrons. The number of esters is 2. The molecule has 1 aromatic carbocycles. The average molecular weight is 238 g/mol. The summed E-state index contributed by atoms with van der Waals surface area (Å²) in [6.45, 7) is 0.0938. The predicted octanol–water partition coefficient (Wildman–Crippen LogP) is 0.918. The van der Waals surface area contributed by atoms with Gasteiger partial charge < -0.3 is 14.2 Å². The van der Waals surface area contributed by atoms with Gasteiger partial charge in [-0.15, -0.1) is 0 Å². The summed E-state index contributed by atoms with van der Waals surface area (Å²) in [5.41, 5.74) is 0.834. The first kappa shape index (κ1) is 13.2. The van der Waals surface area contributed by atoms with Crippen LogP contribution in [0.15, 0.2) is 30.3 Å². The van der Waals surface area contributed by atoms with Crippen molar-refractivity contribution in [2.45, 2.75) is 12.7 Å². The highest BCUT2D eigenvalue weighted by Crippen LogP contribution is 2.04. The Morgan fingerprint density at radius 3 is 2.29 bits per heavy atom. The molecular weight excluding hydrogens is 224 g/mol. The lowest BCUT2D eigenvalue weighted by atomic mass is 10.2. The molecule has 5 heteroatoms. The minimum Gasteiger partial charge on any atom is -0.467 e. The Hall–Kier alpha value is -1.88. The van der Waals surface area contributed by atoms with Crippen LogP contribution in [0.1, 0.15) is 5.56 Å². The van der Waals surface area contributed by atoms with E-state index in [0.29, 0.717) is 0 Å². The molecule has 0 saturated heterocycles. The summed E-state index contributed by atoms with van der Waals surface area (Å²) in [5, 5.41) is 0. The fraction of sp³-hybridized carbons (Fsp3) is 0.333. The number of methoxy groups -OCH3 is 2. The van der Waals surface area contributed by atoms with E-state index in [2.05, 4.69) is 4.74 Å². The van der Waals surface area contributed by atoms with Crippen molar-refractivity contribution < 1.29 is 23.8 Å². The summed E-state index contributed by atoms with van der Waals surface area (Å²) >= 11 is 0. The monoisotopic (exact) mass is 238 g/mol. The number of carbonyl (C=O) groups excluding carboxylic acids is 2. The van der Waals surface area contributed by atoms with Crippen molar-refractivity contribution in [3.63, 3.8) is 0 Å². The molecule has 0 aliphatic rings. The Morgan fingerprint density at radius 2 is 1.76 bits per heavy atom. The first-order chi connectivity index (χ1) is 8.19. The highest BCUT2D eigenvalue weighted by Gasteiger charge is 2.28. The summed E-state index contributed by atoms with van der Waals surface area (Å²) in [7, 11) is 2.42. The molecule has 1 atom stereocenters. The van der Waals surface area contributed by atoms with Gasteiger partial charge in [-0.25, -0.2) is 9.59 Å². The summed E-state index contributed by atoms with van der Waals surface area (Å²) in [6.07, 6.45) is -1.33. The second-order valence-corrected chi connectivity index (χ2v) is 3.23. The van der Waals surface area contributed by atoms with Crippen LogP contribution in [0.3, 0.4) is 0 Å². The molecular formula is C12H14O5. The Morgan fingerprint density at radius 1 is 1.12 bits per heavy atom. The maximum atomic E-state index is 11.5. The quantitative estimate of drug-likeness (QED) is 0.563. The maximum Gasteiger partial charge on any atom is 0.347 e. The fourth-order valence-corrected chi connectivity index (χ4v) is 1.20. The van der Waals surface area contributed by atoms with Crippen molar-refractivity contribution >= 4 is 11.9 Å². The Kier molecular flexibility index (Phi) is 5.16. The molecule has 5 nitrogen and oxygen atoms in total. The molecule has 0 aromatic heterocycles. The molecule has 0 saturated carbocycles. The van der Waals surface area contributed by atoms with Gasteiger partial charge in [-0.05, 0) is 5.56 Å². The van der Waals surface area contributed by atoms with Gasteiger partial charge in [-0.1, -0.05) is 30.3 Å². The topological polar surface area (TPSA) is 61.8 Å². The molecule has 0 heterocycles. The Balaban J connectivity index is 2.51. The van der Waals surface area contributed by atoms with Crippen LogP contribution in [0.5, 0.6) is 0 Å². The molecule has 1 rings (SSSR count). The average Bonchev–Trinajstić information content (AvgIpc) is 2.38. The molecule has 0 aliphatic heterocycles. The van der Waals surface area contributed by atoms with Crippen LogP contribution in [0.4, 0.5) is 0 Å². The molecule has 0 aliphatic carbocycles. The van der Waals surface area contributed by atoms with Gasteiger partial charge in [0.2, 0.25) is 0 Å².